The van der Waals surface area contributed by atoms with Crippen molar-refractivity contribution in [3.8, 4) is 0 Å². The van der Waals surface area contributed by atoms with Crippen LogP contribution >= 0.6 is 0 Å². The van der Waals surface area contributed by atoms with E-state index in [1.807, 2.05) is 39.8 Å². The van der Waals surface area contributed by atoms with Gasteiger partial charge in [0.15, 0.2) is 0 Å². The summed E-state index contributed by atoms with van der Waals surface area (Å²) in [4.78, 5) is 0. The molecule has 2 nitrogen and oxygen atoms in total. The highest BCUT2D eigenvalue weighted by molar-refractivity contribution is 5.78. The molecule has 0 amide bonds. The van der Waals surface area contributed by atoms with Crippen LogP contribution in [0.25, 0.3) is 0 Å². The van der Waals surface area contributed by atoms with Gasteiger partial charge in [-0.05, 0) is 32.3 Å². The fraction of sp³-hybridized carbons (Fsp3) is 0.615. The Morgan fingerprint density at radius 3 is 2.67 bits per heavy atom. The van der Waals surface area contributed by atoms with E-state index in [0.717, 1.165) is 17.5 Å². The SMILES string of the molecule is CC.CC(C)=NN(C)C1=CC=CC2CC12. The zero-order valence-electron chi connectivity index (χ0n) is 10.5. The van der Waals surface area contributed by atoms with Crippen LogP contribution in [-0.2, 0) is 0 Å². The molecule has 0 aliphatic heterocycles. The van der Waals surface area contributed by atoms with Gasteiger partial charge in [0.2, 0.25) is 0 Å². The zero-order valence-corrected chi connectivity index (χ0v) is 10.5. The van der Waals surface area contributed by atoms with Crippen LogP contribution in [0.5, 0.6) is 0 Å². The standard InChI is InChI=1S/C11H16N2.C2H6/c1-8(2)12-13(3)11-6-4-5-9-7-10(9)11;1-2/h4-6,9-10H,7H2,1-3H3;1-2H3. The summed E-state index contributed by atoms with van der Waals surface area (Å²) in [6.07, 6.45) is 7.94. The number of rotatable bonds is 2. The number of hydrogen-bond donors (Lipinski definition) is 0. The predicted molar refractivity (Wildman–Crippen MR) is 66.7 cm³/mol. The Kier molecular flexibility index (Phi) is 4.13. The Morgan fingerprint density at radius 2 is 2.07 bits per heavy atom. The van der Waals surface area contributed by atoms with Crippen LogP contribution < -0.4 is 0 Å². The normalized spacial score (nSPS) is 25.5. The second-order valence-electron chi connectivity index (χ2n) is 4.05. The van der Waals surface area contributed by atoms with Gasteiger partial charge in [-0.1, -0.05) is 26.0 Å². The number of fused-ring (bicyclic) bond motifs is 1. The minimum Gasteiger partial charge on any atom is -0.272 e. The molecule has 0 aromatic carbocycles. The van der Waals surface area contributed by atoms with E-state index in [1.165, 1.54) is 12.1 Å². The third kappa shape index (κ3) is 2.95. The molecule has 2 atom stereocenters. The molecule has 0 radical (unpaired) electrons. The Morgan fingerprint density at radius 1 is 1.40 bits per heavy atom. The summed E-state index contributed by atoms with van der Waals surface area (Å²) >= 11 is 0. The van der Waals surface area contributed by atoms with Gasteiger partial charge >= 0.3 is 0 Å². The summed E-state index contributed by atoms with van der Waals surface area (Å²) in [6, 6.07) is 0. The van der Waals surface area contributed by atoms with Gasteiger partial charge in [0, 0.05) is 24.4 Å². The number of hydrogen-bond acceptors (Lipinski definition) is 2. The fourth-order valence-corrected chi connectivity index (χ4v) is 1.89. The van der Waals surface area contributed by atoms with Gasteiger partial charge in [-0.15, -0.1) is 0 Å². The van der Waals surface area contributed by atoms with Crippen molar-refractivity contribution in [2.45, 2.75) is 34.1 Å². The second-order valence-corrected chi connectivity index (χ2v) is 4.05. The molecule has 0 N–H and O–H groups in total. The van der Waals surface area contributed by atoms with Crippen LogP contribution in [0.2, 0.25) is 0 Å². The molecule has 15 heavy (non-hydrogen) atoms. The molecule has 0 saturated heterocycles. The highest BCUT2D eigenvalue weighted by atomic mass is 15.4. The fourth-order valence-electron chi connectivity index (χ4n) is 1.89. The van der Waals surface area contributed by atoms with Gasteiger partial charge < -0.3 is 0 Å². The quantitative estimate of drug-likeness (QED) is 0.499. The summed E-state index contributed by atoms with van der Waals surface area (Å²) in [6.45, 7) is 8.06. The van der Waals surface area contributed by atoms with Crippen LogP contribution in [0.1, 0.15) is 34.1 Å². The maximum Gasteiger partial charge on any atom is 0.0401 e. The van der Waals surface area contributed by atoms with Crippen LogP contribution in [0.4, 0.5) is 0 Å². The molecule has 84 valence electrons. The lowest BCUT2D eigenvalue weighted by molar-refractivity contribution is 0.414. The van der Waals surface area contributed by atoms with Gasteiger partial charge in [-0.25, -0.2) is 0 Å². The molecule has 0 spiro atoms. The molecular weight excluding hydrogens is 184 g/mol. The maximum atomic E-state index is 4.43. The van der Waals surface area contributed by atoms with Gasteiger partial charge in [0.05, 0.1) is 0 Å². The first-order valence-electron chi connectivity index (χ1n) is 5.82. The molecule has 1 saturated carbocycles. The first kappa shape index (κ1) is 12.0. The first-order valence-corrected chi connectivity index (χ1v) is 5.82. The summed E-state index contributed by atoms with van der Waals surface area (Å²) < 4.78 is 0. The van der Waals surface area contributed by atoms with E-state index in [1.54, 1.807) is 0 Å². The lowest BCUT2D eigenvalue weighted by atomic mass is 10.1. The molecule has 0 heterocycles. The van der Waals surface area contributed by atoms with Crippen LogP contribution in [0.3, 0.4) is 0 Å². The monoisotopic (exact) mass is 206 g/mol. The van der Waals surface area contributed by atoms with E-state index in [-0.39, 0.29) is 0 Å². The van der Waals surface area contributed by atoms with Gasteiger partial charge in [-0.2, -0.15) is 5.10 Å². The topological polar surface area (TPSA) is 15.6 Å². The van der Waals surface area contributed by atoms with E-state index >= 15 is 0 Å². The Balaban J connectivity index is 0.000000531. The van der Waals surface area contributed by atoms with Gasteiger partial charge in [0.25, 0.3) is 0 Å². The summed E-state index contributed by atoms with van der Waals surface area (Å²) in [7, 11) is 2.04. The summed E-state index contributed by atoms with van der Waals surface area (Å²) in [5, 5.41) is 6.44. The Labute approximate surface area is 93.4 Å². The minimum atomic E-state index is 0.748. The van der Waals surface area contributed by atoms with Crippen molar-refractivity contribution in [3.05, 3.63) is 23.9 Å². The summed E-state index contributed by atoms with van der Waals surface area (Å²) in [5.74, 6) is 1.55. The molecule has 0 bridgehead atoms. The highest BCUT2D eigenvalue weighted by Crippen LogP contribution is 2.48. The van der Waals surface area contributed by atoms with Crippen molar-refractivity contribution in [1.29, 1.82) is 0 Å². The van der Waals surface area contributed by atoms with Crippen molar-refractivity contribution < 1.29 is 0 Å². The maximum absolute atomic E-state index is 4.43. The van der Waals surface area contributed by atoms with E-state index < -0.39 is 0 Å². The average molecular weight is 206 g/mol. The second kappa shape index (κ2) is 5.15. The van der Waals surface area contributed by atoms with E-state index in [4.69, 9.17) is 0 Å². The third-order valence-corrected chi connectivity index (χ3v) is 2.57. The van der Waals surface area contributed by atoms with Crippen molar-refractivity contribution in [2.75, 3.05) is 7.05 Å². The van der Waals surface area contributed by atoms with Gasteiger partial charge in [-0.3, -0.25) is 5.01 Å². The van der Waals surface area contributed by atoms with Crippen molar-refractivity contribution in [1.82, 2.24) is 5.01 Å². The highest BCUT2D eigenvalue weighted by Gasteiger charge is 2.40. The van der Waals surface area contributed by atoms with E-state index in [9.17, 15) is 0 Å². The van der Waals surface area contributed by atoms with E-state index in [0.29, 0.717) is 0 Å². The Bertz CT molecular complexity index is 296. The smallest absolute Gasteiger partial charge is 0.0401 e. The average Bonchev–Trinajstić information content (AvgIpc) is 2.97. The molecule has 0 aromatic rings. The van der Waals surface area contributed by atoms with Crippen molar-refractivity contribution in [2.24, 2.45) is 16.9 Å². The molecule has 0 aromatic heterocycles. The molecule has 2 aliphatic carbocycles. The molecule has 2 aliphatic rings. The lowest BCUT2D eigenvalue weighted by Crippen LogP contribution is -2.15. The van der Waals surface area contributed by atoms with Crippen molar-refractivity contribution in [3.63, 3.8) is 0 Å². The number of nitrogens with zero attached hydrogens (tertiary/aromatic N) is 2. The zero-order chi connectivity index (χ0) is 11.4. The van der Waals surface area contributed by atoms with Crippen LogP contribution in [-0.4, -0.2) is 17.8 Å². The molecule has 2 unspecified atom stereocenters. The van der Waals surface area contributed by atoms with Crippen molar-refractivity contribution >= 4 is 5.71 Å². The third-order valence-electron chi connectivity index (χ3n) is 2.57. The largest absolute Gasteiger partial charge is 0.272 e. The minimum absolute atomic E-state index is 0.748. The summed E-state index contributed by atoms with van der Waals surface area (Å²) in [5.41, 5.74) is 2.48. The molecule has 2 heteroatoms. The Hall–Kier alpha value is -1.05. The molecule has 1 fully saturated rings. The van der Waals surface area contributed by atoms with E-state index in [2.05, 4.69) is 23.3 Å². The lowest BCUT2D eigenvalue weighted by Gasteiger charge is -2.18. The van der Waals surface area contributed by atoms with Gasteiger partial charge in [0.1, 0.15) is 0 Å². The van der Waals surface area contributed by atoms with Crippen LogP contribution in [0.15, 0.2) is 29.0 Å². The van der Waals surface area contributed by atoms with Crippen LogP contribution in [0, 0.1) is 11.8 Å². The number of hydrazone groups is 1. The predicted octanol–water partition coefficient (Wildman–Crippen LogP) is 3.43. The number of allylic oxidation sites excluding steroid dienone is 4. The first-order chi connectivity index (χ1) is 7.18. The molecular formula is C13H22N2. The molecule has 2 rings (SSSR count).